The Kier molecular flexibility index (Phi) is 11.7. The number of hydrogen-bond donors (Lipinski definition) is 2. The summed E-state index contributed by atoms with van der Waals surface area (Å²) in [5, 5.41) is 14.8. The van der Waals surface area contributed by atoms with Gasteiger partial charge in [0.2, 0.25) is 5.78 Å². The number of Topliss-reactive ketones (excluding diaryl/α,β-unsaturated/α-hetero) is 1. The Morgan fingerprint density at radius 1 is 0.762 bits per heavy atom. The highest BCUT2D eigenvalue weighted by molar-refractivity contribution is 6.25. The van der Waals surface area contributed by atoms with E-state index < -0.39 is 10.8 Å². The van der Waals surface area contributed by atoms with E-state index in [1.54, 1.807) is 24.3 Å². The van der Waals surface area contributed by atoms with Gasteiger partial charge in [-0.1, -0.05) is 119 Å². The lowest BCUT2D eigenvalue weighted by molar-refractivity contribution is -0.113. The topological polar surface area (TPSA) is 128 Å². The van der Waals surface area contributed by atoms with E-state index in [0.717, 1.165) is 69.6 Å². The highest BCUT2D eigenvalue weighted by atomic mass is 16.5. The van der Waals surface area contributed by atoms with Crippen LogP contribution in [0.4, 0.5) is 5.69 Å². The second kappa shape index (κ2) is 17.4. The van der Waals surface area contributed by atoms with Crippen molar-refractivity contribution < 1.29 is 29.0 Å². The monoisotopic (exact) mass is 836 g/mol. The Hall–Kier alpha value is -7.06. The first-order chi connectivity index (χ1) is 30.2. The van der Waals surface area contributed by atoms with Crippen molar-refractivity contribution >= 4 is 50.7 Å². The molecular weight excluding hydrogens is 785 g/mol. The average Bonchev–Trinajstić information content (AvgIpc) is 3.55. The van der Waals surface area contributed by atoms with Gasteiger partial charge in [-0.3, -0.25) is 9.79 Å². The molecule has 0 saturated carbocycles. The molecule has 1 aliphatic heterocycles. The number of benzene rings is 6. The van der Waals surface area contributed by atoms with Gasteiger partial charge in [-0.15, -0.1) is 0 Å². The number of nitrogens with zero attached hydrogens (tertiary/aromatic N) is 1. The zero-order valence-electron chi connectivity index (χ0n) is 36.5. The molecule has 0 unspecified atom stereocenters. The molecule has 63 heavy (non-hydrogen) atoms. The molecule has 8 heteroatoms. The molecule has 8 rings (SSSR count). The maximum atomic E-state index is 13.7. The number of ketones is 1. The van der Waals surface area contributed by atoms with E-state index in [-0.39, 0.29) is 34.6 Å². The second-order valence-electron chi connectivity index (χ2n) is 17.5. The summed E-state index contributed by atoms with van der Waals surface area (Å²) in [6.07, 6.45) is 6.36. The molecule has 0 radical (unpaired) electrons. The van der Waals surface area contributed by atoms with Crippen LogP contribution in [0.25, 0.3) is 21.5 Å². The quantitative estimate of drug-likeness (QED) is 0.0635. The van der Waals surface area contributed by atoms with Gasteiger partial charge in [-0.25, -0.2) is 9.59 Å². The molecule has 0 aromatic heterocycles. The highest BCUT2D eigenvalue weighted by Crippen LogP contribution is 2.46. The first-order valence-corrected chi connectivity index (χ1v) is 21.5. The Morgan fingerprint density at radius 3 is 2.06 bits per heavy atom. The molecule has 6 aromatic carbocycles. The second-order valence-corrected chi connectivity index (χ2v) is 17.5. The van der Waals surface area contributed by atoms with Gasteiger partial charge < -0.3 is 20.3 Å². The smallest absolute Gasteiger partial charge is 0.338 e. The number of nitrogens with two attached hydrogens (primary N) is 1. The number of hydrogen-bond acceptors (Lipinski definition) is 8. The maximum Gasteiger partial charge on any atom is 0.338 e. The summed E-state index contributed by atoms with van der Waals surface area (Å²) in [4.78, 5) is 44.9. The fourth-order valence-electron chi connectivity index (χ4n) is 8.77. The van der Waals surface area contributed by atoms with E-state index in [9.17, 15) is 19.5 Å². The van der Waals surface area contributed by atoms with Crippen molar-refractivity contribution in [2.24, 2.45) is 10.7 Å². The Balaban J connectivity index is 0.956. The number of esters is 2. The van der Waals surface area contributed by atoms with Gasteiger partial charge in [-0.2, -0.15) is 0 Å². The van der Waals surface area contributed by atoms with Crippen LogP contribution < -0.4 is 5.73 Å². The van der Waals surface area contributed by atoms with E-state index >= 15 is 0 Å². The van der Waals surface area contributed by atoms with Crippen molar-refractivity contribution in [2.45, 2.75) is 71.1 Å². The molecular formula is C55H52N2O6. The molecule has 1 aliphatic carbocycles. The molecule has 0 atom stereocenters. The lowest BCUT2D eigenvalue weighted by Crippen LogP contribution is -2.30. The van der Waals surface area contributed by atoms with Crippen LogP contribution in [0.15, 0.2) is 161 Å². The number of aliphatic imine (C=N–C) groups is 1. The predicted molar refractivity (Wildman–Crippen MR) is 251 cm³/mol. The molecule has 1 heterocycles. The number of fused-ring (bicyclic) bond motifs is 4. The van der Waals surface area contributed by atoms with Crippen LogP contribution in [0.2, 0.25) is 0 Å². The number of aliphatic hydroxyl groups is 1. The lowest BCUT2D eigenvalue weighted by Gasteiger charge is -2.30. The van der Waals surface area contributed by atoms with Crippen LogP contribution in [-0.2, 0) is 37.9 Å². The van der Waals surface area contributed by atoms with E-state index in [1.807, 2.05) is 113 Å². The molecule has 8 nitrogen and oxygen atoms in total. The average molecular weight is 837 g/mol. The number of carbonyl (C=O) groups is 3. The first-order valence-electron chi connectivity index (χ1n) is 21.5. The molecule has 0 spiro atoms. The first kappa shape index (κ1) is 42.6. The van der Waals surface area contributed by atoms with Gasteiger partial charge >= 0.3 is 11.9 Å². The van der Waals surface area contributed by atoms with Gasteiger partial charge in [0.25, 0.3) is 0 Å². The third-order valence-electron chi connectivity index (χ3n) is 12.5. The molecule has 318 valence electrons. The van der Waals surface area contributed by atoms with E-state index in [1.165, 1.54) is 11.1 Å². The van der Waals surface area contributed by atoms with Gasteiger partial charge in [0.15, 0.2) is 0 Å². The highest BCUT2D eigenvalue weighted by Gasteiger charge is 2.40. The summed E-state index contributed by atoms with van der Waals surface area (Å²) in [5.74, 6) is -1.19. The summed E-state index contributed by atoms with van der Waals surface area (Å²) in [6.45, 7) is 10.7. The molecule has 2 aliphatic rings. The van der Waals surface area contributed by atoms with Crippen molar-refractivity contribution in [3.8, 4) is 0 Å². The molecule has 0 bridgehead atoms. The zero-order valence-corrected chi connectivity index (χ0v) is 36.5. The standard InChI is InChI=1S/C55H52N2O6/c1-34-29-39-30-38(52(60)62-27-13-19-35-15-8-6-9-16-35)24-23-37(39)31-45(34)54(2,3)47(56)32-43-50(58)44(51(43)59)33-48-55(4,5)49-41-21-12-22-42(40(41)25-26-46(49)57-48)53(61)63-28-14-20-36-17-10-7-11-18-36/h6-12,15-18,21-26,29-33,58H,13-14,19-20,27-28,56H2,1-5H3. The third-order valence-corrected chi connectivity index (χ3v) is 12.5. The van der Waals surface area contributed by atoms with Crippen LogP contribution in [0.1, 0.15) is 89.1 Å². The van der Waals surface area contributed by atoms with E-state index in [0.29, 0.717) is 35.7 Å². The van der Waals surface area contributed by atoms with Gasteiger partial charge in [-0.05, 0) is 124 Å². The van der Waals surface area contributed by atoms with E-state index in [2.05, 4.69) is 30.3 Å². The Labute approximate surface area is 368 Å². The fraction of sp³-hybridized carbons (Fsp3) is 0.236. The fourth-order valence-corrected chi connectivity index (χ4v) is 8.77. The summed E-state index contributed by atoms with van der Waals surface area (Å²) < 4.78 is 11.3. The predicted octanol–water partition coefficient (Wildman–Crippen LogP) is 11.4. The van der Waals surface area contributed by atoms with Gasteiger partial charge in [0, 0.05) is 16.5 Å². The van der Waals surface area contributed by atoms with Crippen LogP contribution in [0, 0.1) is 6.92 Å². The third kappa shape index (κ3) is 8.46. The molecule has 0 amide bonds. The summed E-state index contributed by atoms with van der Waals surface area (Å²) >= 11 is 0. The van der Waals surface area contributed by atoms with Crippen molar-refractivity contribution in [1.82, 2.24) is 0 Å². The number of carbonyl (C=O) groups excluding carboxylic acids is 3. The molecule has 6 aromatic rings. The Bertz CT molecular complexity index is 2920. The van der Waals surface area contributed by atoms with Gasteiger partial charge in [0.05, 0.1) is 46.9 Å². The van der Waals surface area contributed by atoms with Crippen LogP contribution in [-0.4, -0.2) is 41.8 Å². The number of ether oxygens (including phenoxy) is 2. The summed E-state index contributed by atoms with van der Waals surface area (Å²) in [7, 11) is 0. The minimum atomic E-state index is -0.713. The minimum absolute atomic E-state index is 0.134. The van der Waals surface area contributed by atoms with Crippen LogP contribution in [0.3, 0.4) is 0 Å². The number of aryl methyl sites for hydroxylation is 3. The van der Waals surface area contributed by atoms with Crippen molar-refractivity contribution in [1.29, 1.82) is 0 Å². The van der Waals surface area contributed by atoms with Crippen LogP contribution in [0.5, 0.6) is 0 Å². The lowest BCUT2D eigenvalue weighted by atomic mass is 9.75. The number of aliphatic hydroxyl groups excluding tert-OH is 1. The van der Waals surface area contributed by atoms with Crippen LogP contribution >= 0.6 is 0 Å². The largest absolute Gasteiger partial charge is 0.506 e. The molecule has 0 saturated heterocycles. The molecule has 3 N–H and O–H groups in total. The SMILES string of the molecule is Cc1cc2cc(C(=O)OCCCc3ccccc3)ccc2cc1C(C)(C)C(N)=CC1=C(O)C(=CC2=Nc3ccc4c(C(=O)OCCCc5ccccc5)cccc4c3C2(C)C)C1=O. The van der Waals surface area contributed by atoms with Crippen molar-refractivity contribution in [2.75, 3.05) is 13.2 Å². The maximum absolute atomic E-state index is 13.7. The number of rotatable bonds is 14. The van der Waals surface area contributed by atoms with Crippen molar-refractivity contribution in [3.05, 3.63) is 195 Å². The normalized spacial score (nSPS) is 15.4. The Morgan fingerprint density at radius 2 is 1.41 bits per heavy atom. The van der Waals surface area contributed by atoms with Crippen molar-refractivity contribution in [3.63, 3.8) is 0 Å². The summed E-state index contributed by atoms with van der Waals surface area (Å²) in [5.41, 5.74) is 13.7. The van der Waals surface area contributed by atoms with E-state index in [4.69, 9.17) is 20.2 Å². The number of allylic oxidation sites excluding steroid dienone is 5. The summed E-state index contributed by atoms with van der Waals surface area (Å²) in [6, 6.07) is 39.3. The molecule has 0 fully saturated rings. The zero-order chi connectivity index (χ0) is 44.5. The van der Waals surface area contributed by atoms with Gasteiger partial charge in [0.1, 0.15) is 5.76 Å². The minimum Gasteiger partial charge on any atom is -0.506 e.